The third kappa shape index (κ3) is 4.08. The zero-order chi connectivity index (χ0) is 24.2. The fourth-order valence-corrected chi connectivity index (χ4v) is 4.08. The van der Waals surface area contributed by atoms with E-state index >= 15 is 0 Å². The van der Waals surface area contributed by atoms with E-state index in [1.54, 1.807) is 42.5 Å². The van der Waals surface area contributed by atoms with Crippen LogP contribution >= 0.6 is 0 Å². The second kappa shape index (κ2) is 9.70. The van der Waals surface area contributed by atoms with Crippen LogP contribution in [0.1, 0.15) is 24.1 Å². The molecule has 1 N–H and O–H groups in total. The maximum atomic E-state index is 13.3. The number of Topliss-reactive ketones (excluding diaryl/α,β-unsaturated/α-hetero) is 1. The lowest BCUT2D eigenvalue weighted by molar-refractivity contribution is -0.132. The van der Waals surface area contributed by atoms with E-state index in [4.69, 9.17) is 14.2 Å². The topological polar surface area (TPSA) is 85.3 Å². The van der Waals surface area contributed by atoms with Crippen molar-refractivity contribution in [1.29, 1.82) is 0 Å². The predicted molar refractivity (Wildman–Crippen MR) is 128 cm³/mol. The molecule has 1 aliphatic heterocycles. The summed E-state index contributed by atoms with van der Waals surface area (Å²) < 4.78 is 16.2. The molecule has 3 aromatic carbocycles. The Balaban J connectivity index is 1.93. The molecule has 4 rings (SSSR count). The quantitative estimate of drug-likeness (QED) is 0.312. The fourth-order valence-electron chi connectivity index (χ4n) is 4.08. The van der Waals surface area contributed by atoms with Gasteiger partial charge in [0, 0.05) is 17.8 Å². The number of carbonyl (C=O) groups excluding carboxylic acids is 2. The number of methoxy groups -OCH3 is 2. The summed E-state index contributed by atoms with van der Waals surface area (Å²) in [4.78, 5) is 28.0. The maximum Gasteiger partial charge on any atom is 0.300 e. The molecule has 3 aromatic rings. The van der Waals surface area contributed by atoms with E-state index in [0.717, 1.165) is 0 Å². The molecule has 1 fully saturated rings. The monoisotopic (exact) mass is 459 g/mol. The first-order chi connectivity index (χ1) is 16.5. The molecule has 0 aliphatic carbocycles. The van der Waals surface area contributed by atoms with Crippen LogP contribution in [0.15, 0.2) is 78.4 Å². The van der Waals surface area contributed by atoms with Crippen LogP contribution in [-0.2, 0) is 9.59 Å². The zero-order valence-corrected chi connectivity index (χ0v) is 19.1. The molecule has 0 saturated carbocycles. The average molecular weight is 459 g/mol. The third-order valence-corrected chi connectivity index (χ3v) is 5.63. The maximum absolute atomic E-state index is 13.3. The number of nitrogens with zero attached hydrogens (tertiary/aromatic N) is 1. The van der Waals surface area contributed by atoms with Crippen molar-refractivity contribution in [1.82, 2.24) is 0 Å². The van der Waals surface area contributed by atoms with Crippen LogP contribution < -0.4 is 19.1 Å². The minimum Gasteiger partial charge on any atom is -0.507 e. The summed E-state index contributed by atoms with van der Waals surface area (Å²) in [5.74, 6) is -0.433. The molecule has 0 spiro atoms. The van der Waals surface area contributed by atoms with Crippen molar-refractivity contribution < 1.29 is 28.9 Å². The Kier molecular flexibility index (Phi) is 6.54. The molecule has 0 bridgehead atoms. The Labute approximate surface area is 197 Å². The number of ketones is 1. The number of amides is 1. The van der Waals surface area contributed by atoms with Gasteiger partial charge in [0.05, 0.1) is 38.0 Å². The molecule has 1 heterocycles. The number of rotatable bonds is 7. The predicted octanol–water partition coefficient (Wildman–Crippen LogP) is 4.73. The van der Waals surface area contributed by atoms with Gasteiger partial charge in [-0.25, -0.2) is 0 Å². The molecular weight excluding hydrogens is 434 g/mol. The Bertz CT molecular complexity index is 1250. The Morgan fingerprint density at radius 1 is 0.912 bits per heavy atom. The Morgan fingerprint density at radius 2 is 1.68 bits per heavy atom. The standard InChI is InChI=1S/C27H25NO6/c1-4-34-20-12-8-11-18(15-20)28-24(17-9-6-5-7-10-17)23(26(30)27(28)31)25(29)21-14-13-19(32-2)16-22(21)33-3/h5-16,24,29H,4H2,1-3H3/b25-23-. The highest BCUT2D eigenvalue weighted by molar-refractivity contribution is 6.51. The molecular formula is C27H25NO6. The SMILES string of the molecule is CCOc1cccc(N2C(=O)C(=O)/C(=C(\O)c3ccc(OC)cc3OC)C2c2ccccc2)c1. The van der Waals surface area contributed by atoms with Crippen LogP contribution in [0.3, 0.4) is 0 Å². The first kappa shape index (κ1) is 22.9. The molecule has 1 saturated heterocycles. The highest BCUT2D eigenvalue weighted by atomic mass is 16.5. The molecule has 0 aromatic heterocycles. The van der Waals surface area contributed by atoms with Crippen LogP contribution in [0, 0.1) is 0 Å². The van der Waals surface area contributed by atoms with E-state index in [1.165, 1.54) is 19.1 Å². The zero-order valence-electron chi connectivity index (χ0n) is 19.1. The lowest BCUT2D eigenvalue weighted by atomic mass is 9.95. The van der Waals surface area contributed by atoms with Gasteiger partial charge in [0.1, 0.15) is 23.0 Å². The van der Waals surface area contributed by atoms with E-state index < -0.39 is 17.7 Å². The van der Waals surface area contributed by atoms with Gasteiger partial charge in [-0.05, 0) is 36.8 Å². The lowest BCUT2D eigenvalue weighted by Crippen LogP contribution is -2.29. The van der Waals surface area contributed by atoms with Crippen molar-refractivity contribution >= 4 is 23.1 Å². The van der Waals surface area contributed by atoms with Crippen LogP contribution in [-0.4, -0.2) is 37.6 Å². The normalized spacial score (nSPS) is 17.0. The van der Waals surface area contributed by atoms with Gasteiger partial charge in [-0.1, -0.05) is 36.4 Å². The summed E-state index contributed by atoms with van der Waals surface area (Å²) in [6.45, 7) is 2.33. The van der Waals surface area contributed by atoms with Crippen LogP contribution in [0.25, 0.3) is 5.76 Å². The summed E-state index contributed by atoms with van der Waals surface area (Å²) in [6, 6.07) is 20.1. The molecule has 34 heavy (non-hydrogen) atoms. The molecule has 0 radical (unpaired) electrons. The van der Waals surface area contributed by atoms with Crippen molar-refractivity contribution in [2.24, 2.45) is 0 Å². The number of benzene rings is 3. The number of ether oxygens (including phenoxy) is 3. The number of anilines is 1. The first-order valence-electron chi connectivity index (χ1n) is 10.8. The van der Waals surface area contributed by atoms with Crippen molar-refractivity contribution in [2.45, 2.75) is 13.0 Å². The second-order valence-corrected chi connectivity index (χ2v) is 7.58. The molecule has 174 valence electrons. The van der Waals surface area contributed by atoms with Crippen molar-refractivity contribution in [3.63, 3.8) is 0 Å². The highest BCUT2D eigenvalue weighted by Crippen LogP contribution is 2.44. The summed E-state index contributed by atoms with van der Waals surface area (Å²) >= 11 is 0. The van der Waals surface area contributed by atoms with Gasteiger partial charge in [-0.15, -0.1) is 0 Å². The van der Waals surface area contributed by atoms with Crippen molar-refractivity contribution in [3.8, 4) is 17.2 Å². The van der Waals surface area contributed by atoms with Gasteiger partial charge in [-0.3, -0.25) is 14.5 Å². The molecule has 1 aliphatic rings. The van der Waals surface area contributed by atoms with Gasteiger partial charge in [0.25, 0.3) is 11.7 Å². The molecule has 1 amide bonds. The second-order valence-electron chi connectivity index (χ2n) is 7.58. The number of hydrogen-bond donors (Lipinski definition) is 1. The number of hydrogen-bond acceptors (Lipinski definition) is 6. The first-order valence-corrected chi connectivity index (χ1v) is 10.8. The fraction of sp³-hybridized carbons (Fsp3) is 0.185. The minimum absolute atomic E-state index is 0.0264. The van der Waals surface area contributed by atoms with Crippen molar-refractivity contribution in [2.75, 3.05) is 25.7 Å². The van der Waals surface area contributed by atoms with E-state index in [1.807, 2.05) is 37.3 Å². The smallest absolute Gasteiger partial charge is 0.300 e. The van der Waals surface area contributed by atoms with Crippen LogP contribution in [0.2, 0.25) is 0 Å². The Morgan fingerprint density at radius 3 is 2.35 bits per heavy atom. The van der Waals surface area contributed by atoms with Gasteiger partial charge in [0.2, 0.25) is 0 Å². The summed E-state index contributed by atoms with van der Waals surface area (Å²) in [5.41, 5.74) is 1.42. The van der Waals surface area contributed by atoms with E-state index in [0.29, 0.717) is 35.1 Å². The third-order valence-electron chi connectivity index (χ3n) is 5.63. The highest BCUT2D eigenvalue weighted by Gasteiger charge is 2.47. The van der Waals surface area contributed by atoms with Crippen LogP contribution in [0.4, 0.5) is 5.69 Å². The van der Waals surface area contributed by atoms with Gasteiger partial charge in [-0.2, -0.15) is 0 Å². The summed E-state index contributed by atoms with van der Waals surface area (Å²) in [5, 5.41) is 11.4. The van der Waals surface area contributed by atoms with Gasteiger partial charge >= 0.3 is 0 Å². The summed E-state index contributed by atoms with van der Waals surface area (Å²) in [6.07, 6.45) is 0. The van der Waals surface area contributed by atoms with Crippen LogP contribution in [0.5, 0.6) is 17.2 Å². The molecule has 1 atom stereocenters. The van der Waals surface area contributed by atoms with Crippen molar-refractivity contribution in [3.05, 3.63) is 89.5 Å². The Hall–Kier alpha value is -4.26. The average Bonchev–Trinajstić information content (AvgIpc) is 3.14. The molecule has 7 nitrogen and oxygen atoms in total. The minimum atomic E-state index is -0.843. The molecule has 1 unspecified atom stereocenters. The van der Waals surface area contributed by atoms with Gasteiger partial charge in [0.15, 0.2) is 0 Å². The molecule has 7 heteroatoms. The van der Waals surface area contributed by atoms with Gasteiger partial charge < -0.3 is 19.3 Å². The lowest BCUT2D eigenvalue weighted by Gasteiger charge is -2.26. The van der Waals surface area contributed by atoms with E-state index in [-0.39, 0.29) is 16.9 Å². The number of aliphatic hydroxyl groups is 1. The van der Waals surface area contributed by atoms with E-state index in [9.17, 15) is 14.7 Å². The summed E-state index contributed by atoms with van der Waals surface area (Å²) in [7, 11) is 2.98. The number of aliphatic hydroxyl groups excluding tert-OH is 1. The largest absolute Gasteiger partial charge is 0.507 e. The number of carbonyl (C=O) groups is 2. The van der Waals surface area contributed by atoms with E-state index in [2.05, 4.69) is 0 Å².